The van der Waals surface area contributed by atoms with Gasteiger partial charge in [0.2, 0.25) is 0 Å². The molecule has 0 fully saturated rings. The summed E-state index contributed by atoms with van der Waals surface area (Å²) in [6.07, 6.45) is 0. The van der Waals surface area contributed by atoms with Crippen LogP contribution in [0.15, 0.2) is 81.4 Å². The number of nitro benzene ring substituents is 2. The first-order valence-corrected chi connectivity index (χ1v) is 12.3. The van der Waals surface area contributed by atoms with Crippen molar-refractivity contribution in [1.82, 2.24) is 4.98 Å². The Morgan fingerprint density at radius 3 is 2.15 bits per heavy atom. The van der Waals surface area contributed by atoms with Gasteiger partial charge in [0.15, 0.2) is 0 Å². The van der Waals surface area contributed by atoms with E-state index in [9.17, 15) is 25.0 Å². The molecule has 0 spiro atoms. The molecule has 15 heteroatoms. The third kappa shape index (κ3) is 6.34. The van der Waals surface area contributed by atoms with Crippen molar-refractivity contribution in [3.8, 4) is 11.3 Å². The number of carbonyl (C=O) groups is 1. The van der Waals surface area contributed by atoms with Crippen molar-refractivity contribution in [3.63, 3.8) is 0 Å². The molecule has 1 heterocycles. The van der Waals surface area contributed by atoms with Gasteiger partial charge in [-0.1, -0.05) is 51.3 Å². The van der Waals surface area contributed by atoms with Crippen LogP contribution in [0.5, 0.6) is 0 Å². The van der Waals surface area contributed by atoms with Crippen LogP contribution in [0.2, 0.25) is 10.0 Å². The quantitative estimate of drug-likeness (QED) is 0.118. The zero-order valence-electron chi connectivity index (χ0n) is 19.3. The molecule has 0 saturated heterocycles. The highest BCUT2D eigenvalue weighted by atomic mass is 79.9. The highest BCUT2D eigenvalue weighted by Crippen LogP contribution is 2.35. The van der Waals surface area contributed by atoms with Gasteiger partial charge in [0.05, 0.1) is 21.1 Å². The molecular weight excluding hydrogens is 617 g/mol. The lowest BCUT2D eigenvalue weighted by atomic mass is 10.1. The molecule has 1 amide bonds. The number of hydrogen-bond donors (Lipinski definition) is 2. The fourth-order valence-corrected chi connectivity index (χ4v) is 3.98. The summed E-state index contributed by atoms with van der Waals surface area (Å²) in [7, 11) is 0. The first kappa shape index (κ1) is 27.6. The molecule has 0 bridgehead atoms. The monoisotopic (exact) mass is 629 g/mol. The number of anilines is 2. The topological polar surface area (TPSA) is 179 Å². The molecule has 1 aromatic heterocycles. The van der Waals surface area contributed by atoms with E-state index in [4.69, 9.17) is 28.9 Å². The number of azo groups is 1. The van der Waals surface area contributed by atoms with Gasteiger partial charge in [0.1, 0.15) is 27.2 Å². The number of rotatable bonds is 7. The van der Waals surface area contributed by atoms with Crippen molar-refractivity contribution in [1.29, 1.82) is 0 Å². The van der Waals surface area contributed by atoms with E-state index >= 15 is 0 Å². The molecule has 196 valence electrons. The van der Waals surface area contributed by atoms with Crippen LogP contribution in [-0.4, -0.2) is 20.7 Å². The maximum absolute atomic E-state index is 13.1. The summed E-state index contributed by atoms with van der Waals surface area (Å²) >= 11 is 15.1. The fourth-order valence-electron chi connectivity index (χ4n) is 3.34. The van der Waals surface area contributed by atoms with Crippen LogP contribution in [-0.2, 0) is 0 Å². The minimum atomic E-state index is -0.724. The highest BCUT2D eigenvalue weighted by Gasteiger charge is 2.20. The van der Waals surface area contributed by atoms with Crippen LogP contribution in [0.4, 0.5) is 34.3 Å². The first-order valence-electron chi connectivity index (χ1n) is 10.7. The van der Waals surface area contributed by atoms with Gasteiger partial charge < -0.3 is 11.1 Å². The van der Waals surface area contributed by atoms with Crippen molar-refractivity contribution in [3.05, 3.63) is 107 Å². The Labute approximate surface area is 237 Å². The van der Waals surface area contributed by atoms with Gasteiger partial charge in [-0.3, -0.25) is 25.0 Å². The summed E-state index contributed by atoms with van der Waals surface area (Å²) in [6, 6.07) is 16.0. The molecule has 0 aliphatic carbocycles. The highest BCUT2D eigenvalue weighted by molar-refractivity contribution is 9.10. The second-order valence-electron chi connectivity index (χ2n) is 7.77. The summed E-state index contributed by atoms with van der Waals surface area (Å²) in [4.78, 5) is 38.5. The molecule has 39 heavy (non-hydrogen) atoms. The Kier molecular flexibility index (Phi) is 8.14. The summed E-state index contributed by atoms with van der Waals surface area (Å²) < 4.78 is 0.809. The number of nitrogens with zero attached hydrogens (tertiary/aromatic N) is 5. The van der Waals surface area contributed by atoms with E-state index in [1.165, 1.54) is 30.3 Å². The van der Waals surface area contributed by atoms with Gasteiger partial charge in [-0.05, 0) is 42.5 Å². The standard InChI is InChI=1S/C24H14BrCl2N7O5/c25-13-3-1-12(2-4-13)22-19(32-31-15-6-8-18(27)21(10-15)34(38)39)11-16(23(28)30-22)24(35)29-14-5-7-17(26)20(9-14)33(36)37/h1-11H,(H2,28,30)(H,29,35). The number of hydrogen-bond acceptors (Lipinski definition) is 9. The Bertz CT molecular complexity index is 1670. The summed E-state index contributed by atoms with van der Waals surface area (Å²) in [5, 5.41) is 33.1. The number of nitrogens with two attached hydrogens (primary N) is 1. The van der Waals surface area contributed by atoms with E-state index in [0.29, 0.717) is 5.56 Å². The lowest BCUT2D eigenvalue weighted by Crippen LogP contribution is -2.15. The Balaban J connectivity index is 1.77. The number of pyridine rings is 1. The molecule has 0 radical (unpaired) electrons. The lowest BCUT2D eigenvalue weighted by Gasteiger charge is -2.11. The zero-order valence-corrected chi connectivity index (χ0v) is 22.4. The number of nitrogens with one attached hydrogen (secondary N) is 1. The molecule has 0 aliphatic heterocycles. The van der Waals surface area contributed by atoms with Crippen molar-refractivity contribution in [2.45, 2.75) is 0 Å². The van der Waals surface area contributed by atoms with E-state index in [1.807, 2.05) is 0 Å². The van der Waals surface area contributed by atoms with Crippen molar-refractivity contribution in [2.75, 3.05) is 11.1 Å². The minimum absolute atomic E-state index is 0.0648. The van der Waals surface area contributed by atoms with E-state index in [-0.39, 0.29) is 49.9 Å². The van der Waals surface area contributed by atoms with E-state index in [2.05, 4.69) is 36.5 Å². The maximum Gasteiger partial charge on any atom is 0.290 e. The second-order valence-corrected chi connectivity index (χ2v) is 9.50. The number of aromatic nitrogens is 1. The number of nitro groups is 2. The Morgan fingerprint density at radius 2 is 1.51 bits per heavy atom. The van der Waals surface area contributed by atoms with Gasteiger partial charge in [-0.25, -0.2) is 4.98 Å². The van der Waals surface area contributed by atoms with E-state index < -0.39 is 21.4 Å². The largest absolute Gasteiger partial charge is 0.383 e. The zero-order chi connectivity index (χ0) is 28.3. The summed E-state index contributed by atoms with van der Waals surface area (Å²) in [6.45, 7) is 0. The Morgan fingerprint density at radius 1 is 0.897 bits per heavy atom. The molecule has 3 aromatic carbocycles. The van der Waals surface area contributed by atoms with Gasteiger partial charge in [-0.15, -0.1) is 5.11 Å². The van der Waals surface area contributed by atoms with Crippen LogP contribution in [0, 0.1) is 20.2 Å². The third-order valence-corrected chi connectivity index (χ3v) is 6.36. The second kappa shape index (κ2) is 11.5. The molecule has 0 saturated carbocycles. The molecular formula is C24H14BrCl2N7O5. The van der Waals surface area contributed by atoms with Crippen LogP contribution in [0.3, 0.4) is 0 Å². The Hall–Kier alpha value is -4.46. The van der Waals surface area contributed by atoms with Gasteiger partial charge in [0.25, 0.3) is 17.3 Å². The molecule has 12 nitrogen and oxygen atoms in total. The number of nitrogen functional groups attached to an aromatic ring is 1. The molecule has 4 rings (SSSR count). The van der Waals surface area contributed by atoms with Crippen molar-refractivity contribution in [2.24, 2.45) is 10.2 Å². The average molecular weight is 631 g/mol. The van der Waals surface area contributed by atoms with Crippen molar-refractivity contribution < 1.29 is 14.6 Å². The number of halogens is 3. The predicted octanol–water partition coefficient (Wildman–Crippen LogP) is 7.88. The minimum Gasteiger partial charge on any atom is -0.383 e. The molecule has 0 atom stereocenters. The smallest absolute Gasteiger partial charge is 0.290 e. The molecule has 0 aliphatic rings. The van der Waals surface area contributed by atoms with Crippen molar-refractivity contribution >= 4 is 79.3 Å². The van der Waals surface area contributed by atoms with Crippen LogP contribution in [0.1, 0.15) is 10.4 Å². The molecule has 3 N–H and O–H groups in total. The summed E-state index contributed by atoms with van der Waals surface area (Å²) in [5.41, 5.74) is 6.52. The summed E-state index contributed by atoms with van der Waals surface area (Å²) in [5.74, 6) is -0.868. The molecule has 0 unspecified atom stereocenters. The van der Waals surface area contributed by atoms with Gasteiger partial charge in [-0.2, -0.15) is 5.11 Å². The number of amides is 1. The fraction of sp³-hybridized carbons (Fsp3) is 0. The van der Waals surface area contributed by atoms with Crippen LogP contribution < -0.4 is 11.1 Å². The third-order valence-electron chi connectivity index (χ3n) is 5.19. The number of benzene rings is 3. The van der Waals surface area contributed by atoms with E-state index in [0.717, 1.165) is 16.6 Å². The first-order chi connectivity index (χ1) is 18.5. The normalized spacial score (nSPS) is 10.9. The maximum atomic E-state index is 13.1. The average Bonchev–Trinajstić information content (AvgIpc) is 2.89. The van der Waals surface area contributed by atoms with Gasteiger partial charge >= 0.3 is 0 Å². The number of carbonyl (C=O) groups excluding carboxylic acids is 1. The molecule has 4 aromatic rings. The van der Waals surface area contributed by atoms with Crippen LogP contribution >= 0.6 is 39.1 Å². The van der Waals surface area contributed by atoms with Crippen LogP contribution in [0.25, 0.3) is 11.3 Å². The lowest BCUT2D eigenvalue weighted by molar-refractivity contribution is -0.384. The van der Waals surface area contributed by atoms with Gasteiger partial charge in [0, 0.05) is 27.9 Å². The predicted molar refractivity (Wildman–Crippen MR) is 150 cm³/mol. The SMILES string of the molecule is Nc1nc(-c2ccc(Br)cc2)c(N=Nc2ccc(Cl)c([N+](=O)[O-])c2)cc1C(=O)Nc1ccc(Cl)c([N+](=O)[O-])c1. The van der Waals surface area contributed by atoms with E-state index in [1.54, 1.807) is 24.3 Å².